The first kappa shape index (κ1) is 19.9. The third-order valence-electron chi connectivity index (χ3n) is 5.97. The van der Waals surface area contributed by atoms with Crippen molar-refractivity contribution in [3.8, 4) is 28.4 Å². The topological polar surface area (TPSA) is 70.4 Å². The van der Waals surface area contributed by atoms with Crippen LogP contribution in [0.4, 0.5) is 0 Å². The average molecular weight is 423 g/mol. The Morgan fingerprint density at radius 1 is 1.13 bits per heavy atom. The number of rotatable bonds is 5. The summed E-state index contributed by atoms with van der Waals surface area (Å²) in [4.78, 5) is 15.5. The summed E-state index contributed by atoms with van der Waals surface area (Å²) in [5.74, 6) is 1.93. The predicted molar refractivity (Wildman–Crippen MR) is 116 cm³/mol. The number of benzene rings is 2. The first-order valence-electron chi connectivity index (χ1n) is 10.4. The van der Waals surface area contributed by atoms with E-state index in [4.69, 9.17) is 23.4 Å². The Morgan fingerprint density at radius 3 is 2.77 bits per heavy atom. The van der Waals surface area contributed by atoms with Crippen molar-refractivity contribution in [3.05, 3.63) is 52.4 Å². The van der Waals surface area contributed by atoms with Crippen LogP contribution in [-0.4, -0.2) is 45.1 Å². The number of fused-ring (bicyclic) bond motifs is 3. The van der Waals surface area contributed by atoms with Gasteiger partial charge in [0.05, 0.1) is 36.8 Å². The molecular weight excluding hydrogens is 398 g/mol. The second-order valence-corrected chi connectivity index (χ2v) is 7.89. The summed E-state index contributed by atoms with van der Waals surface area (Å²) in [7, 11) is 3.15. The van der Waals surface area contributed by atoms with Gasteiger partial charge in [-0.1, -0.05) is 6.07 Å². The van der Waals surface area contributed by atoms with Crippen LogP contribution < -0.4 is 19.6 Å². The zero-order chi connectivity index (χ0) is 21.4. The van der Waals surface area contributed by atoms with Crippen molar-refractivity contribution in [2.24, 2.45) is 0 Å². The van der Waals surface area contributed by atoms with E-state index >= 15 is 0 Å². The molecule has 0 N–H and O–H groups in total. The molecule has 3 aromatic rings. The van der Waals surface area contributed by atoms with Crippen molar-refractivity contribution in [2.45, 2.75) is 25.5 Å². The van der Waals surface area contributed by atoms with Crippen LogP contribution in [0.25, 0.3) is 22.1 Å². The number of hydrogen-bond acceptors (Lipinski definition) is 7. The van der Waals surface area contributed by atoms with Gasteiger partial charge in [-0.3, -0.25) is 9.69 Å². The quantitative estimate of drug-likeness (QED) is 0.618. The molecule has 2 aliphatic rings. The van der Waals surface area contributed by atoms with Crippen molar-refractivity contribution in [1.82, 2.24) is 4.90 Å². The Kier molecular flexibility index (Phi) is 5.29. The summed E-state index contributed by atoms with van der Waals surface area (Å²) in [6.07, 6.45) is 3.93. The summed E-state index contributed by atoms with van der Waals surface area (Å²) >= 11 is 0. The maximum Gasteiger partial charge on any atom is 0.200 e. The molecule has 5 rings (SSSR count). The van der Waals surface area contributed by atoms with Crippen molar-refractivity contribution >= 4 is 11.0 Å². The van der Waals surface area contributed by atoms with E-state index in [0.717, 1.165) is 37.3 Å². The van der Waals surface area contributed by atoms with Crippen LogP contribution in [0.2, 0.25) is 0 Å². The van der Waals surface area contributed by atoms with Gasteiger partial charge in [0, 0.05) is 19.7 Å². The molecule has 0 aliphatic carbocycles. The van der Waals surface area contributed by atoms with Gasteiger partial charge in [-0.15, -0.1) is 0 Å². The smallest absolute Gasteiger partial charge is 0.200 e. The van der Waals surface area contributed by atoms with Gasteiger partial charge in [0.2, 0.25) is 5.43 Å². The summed E-state index contributed by atoms with van der Waals surface area (Å²) in [6, 6.07) is 9.02. The fraction of sp³-hybridized carbons (Fsp3) is 0.375. The molecule has 7 heteroatoms. The van der Waals surface area contributed by atoms with Crippen LogP contribution in [0, 0.1) is 0 Å². The first-order chi connectivity index (χ1) is 15.2. The molecule has 1 fully saturated rings. The molecule has 1 aromatic heterocycles. The maximum absolute atomic E-state index is 13.3. The zero-order valence-corrected chi connectivity index (χ0v) is 17.7. The molecule has 0 unspecified atom stereocenters. The highest BCUT2D eigenvalue weighted by molar-refractivity contribution is 5.86. The van der Waals surface area contributed by atoms with Crippen molar-refractivity contribution < 1.29 is 23.4 Å². The predicted octanol–water partition coefficient (Wildman–Crippen LogP) is 3.81. The lowest BCUT2D eigenvalue weighted by atomic mass is 10.0. The summed E-state index contributed by atoms with van der Waals surface area (Å²) in [5.41, 5.74) is 2.57. The Balaban J connectivity index is 1.51. The molecule has 1 saturated heterocycles. The lowest BCUT2D eigenvalue weighted by molar-refractivity contribution is 0.0281. The monoisotopic (exact) mass is 423 g/mol. The molecule has 2 aromatic carbocycles. The molecule has 0 bridgehead atoms. The molecule has 0 saturated carbocycles. The average Bonchev–Trinajstić information content (AvgIpc) is 3.32. The minimum absolute atomic E-state index is 0.0903. The van der Waals surface area contributed by atoms with E-state index in [1.165, 1.54) is 6.26 Å². The molecule has 162 valence electrons. The van der Waals surface area contributed by atoms with E-state index in [-0.39, 0.29) is 11.5 Å². The minimum atomic E-state index is -0.0903. The standard InChI is InChI=1S/C24H25NO6/c1-27-21-7-5-15(10-22(21)28-2)19-13-30-24-17(23(19)26)6-8-20-18(24)12-25(14-31-20)11-16-4-3-9-29-16/h5-8,10,13,16H,3-4,9,11-12,14H2,1-2H3/t16-/m1/s1. The molecular formula is C24H25NO6. The number of hydrogen-bond donors (Lipinski definition) is 0. The Morgan fingerprint density at radius 2 is 2.00 bits per heavy atom. The summed E-state index contributed by atoms with van der Waals surface area (Å²) < 4.78 is 28.4. The SMILES string of the molecule is COc1ccc(-c2coc3c4c(ccc3c2=O)OCN(C[C@H]2CCCO2)C4)cc1OC. The van der Waals surface area contributed by atoms with Crippen molar-refractivity contribution in [3.63, 3.8) is 0 Å². The molecule has 3 heterocycles. The van der Waals surface area contributed by atoms with Crippen LogP contribution >= 0.6 is 0 Å². The van der Waals surface area contributed by atoms with Gasteiger partial charge >= 0.3 is 0 Å². The highest BCUT2D eigenvalue weighted by atomic mass is 16.5. The number of ether oxygens (including phenoxy) is 4. The lowest BCUT2D eigenvalue weighted by Crippen LogP contribution is -2.37. The highest BCUT2D eigenvalue weighted by Crippen LogP contribution is 2.35. The maximum atomic E-state index is 13.3. The van der Waals surface area contributed by atoms with E-state index in [0.29, 0.717) is 46.9 Å². The lowest BCUT2D eigenvalue weighted by Gasteiger charge is -2.30. The van der Waals surface area contributed by atoms with Gasteiger partial charge in [-0.25, -0.2) is 0 Å². The zero-order valence-electron chi connectivity index (χ0n) is 17.7. The Bertz CT molecular complexity index is 1160. The largest absolute Gasteiger partial charge is 0.493 e. The van der Waals surface area contributed by atoms with E-state index in [9.17, 15) is 4.79 Å². The minimum Gasteiger partial charge on any atom is -0.493 e. The fourth-order valence-corrected chi connectivity index (χ4v) is 4.35. The molecule has 1 atom stereocenters. The first-order valence-corrected chi connectivity index (χ1v) is 10.4. The van der Waals surface area contributed by atoms with Gasteiger partial charge in [0.1, 0.15) is 24.3 Å². The van der Waals surface area contributed by atoms with E-state index < -0.39 is 0 Å². The third-order valence-corrected chi connectivity index (χ3v) is 5.97. The van der Waals surface area contributed by atoms with E-state index in [1.54, 1.807) is 32.4 Å². The van der Waals surface area contributed by atoms with E-state index in [2.05, 4.69) is 4.90 Å². The summed E-state index contributed by atoms with van der Waals surface area (Å²) in [5, 5.41) is 0.536. The molecule has 2 aliphatic heterocycles. The molecule has 31 heavy (non-hydrogen) atoms. The van der Waals surface area contributed by atoms with Crippen LogP contribution in [0.3, 0.4) is 0 Å². The van der Waals surface area contributed by atoms with E-state index in [1.807, 2.05) is 12.1 Å². The van der Waals surface area contributed by atoms with Gasteiger partial charge < -0.3 is 23.4 Å². The highest BCUT2D eigenvalue weighted by Gasteiger charge is 2.26. The third kappa shape index (κ3) is 3.64. The van der Waals surface area contributed by atoms with Gasteiger partial charge in [0.15, 0.2) is 11.5 Å². The normalized spacial score (nSPS) is 18.6. The molecule has 0 spiro atoms. The summed E-state index contributed by atoms with van der Waals surface area (Å²) in [6.45, 7) is 2.80. The van der Waals surface area contributed by atoms with Gasteiger partial charge in [0.25, 0.3) is 0 Å². The second kappa shape index (κ2) is 8.24. The van der Waals surface area contributed by atoms with Crippen LogP contribution in [0.15, 0.2) is 45.8 Å². The molecule has 0 amide bonds. The van der Waals surface area contributed by atoms with Crippen molar-refractivity contribution in [1.29, 1.82) is 0 Å². The van der Waals surface area contributed by atoms with Crippen LogP contribution in [0.1, 0.15) is 18.4 Å². The molecule has 0 radical (unpaired) electrons. The fourth-order valence-electron chi connectivity index (χ4n) is 4.35. The van der Waals surface area contributed by atoms with Crippen LogP contribution in [0.5, 0.6) is 17.2 Å². The van der Waals surface area contributed by atoms with Gasteiger partial charge in [-0.05, 0) is 42.7 Å². The van der Waals surface area contributed by atoms with Crippen LogP contribution in [-0.2, 0) is 11.3 Å². The Labute approximate surface area is 180 Å². The van der Waals surface area contributed by atoms with Crippen molar-refractivity contribution in [2.75, 3.05) is 34.1 Å². The number of nitrogens with zero attached hydrogens (tertiary/aromatic N) is 1. The second-order valence-electron chi connectivity index (χ2n) is 7.89. The molecule has 7 nitrogen and oxygen atoms in total. The Hall–Kier alpha value is -3.03. The number of methoxy groups -OCH3 is 2. The van der Waals surface area contributed by atoms with Gasteiger partial charge in [-0.2, -0.15) is 0 Å².